The Morgan fingerprint density at radius 1 is 0.731 bits per heavy atom. The number of hydrogen-bond donors (Lipinski definition) is 9. The highest BCUT2D eigenvalue weighted by atomic mass is 32.2. The highest BCUT2D eigenvalue weighted by Crippen LogP contribution is 2.26. The number of nitrogens with one attached hydrogen (secondary N) is 4. The molecular weight excluding hydrogens is 702 g/mol. The van der Waals surface area contributed by atoms with Gasteiger partial charge in [-0.2, -0.15) is 11.8 Å². The fraction of sp³-hybridized carbons (Fsp3) is 0.788. The molecule has 0 spiro atoms. The standard InChI is InChI=1S/C33H57N7O11S/c1-16(2)15-21(28(45)38-26(19(5)43)33(50)51)35-29(46)22-9-7-12-39(22)31(48)23-10-8-13-40(23)32(49)25(18(4)42)37-30(47)24(17(3)41)36-27(44)20(34)11-14-52-6/h16-26,41-43H,7-15,34H2,1-6H3,(H,35,46)(H,36,44)(H,37,47)(H,38,45)(H,50,51)/t17-,18-,19-,20+,21+,22+,23+,24+,25+,26+/m1/s1. The highest BCUT2D eigenvalue weighted by molar-refractivity contribution is 7.98. The number of nitrogens with two attached hydrogens (primary N) is 1. The summed E-state index contributed by atoms with van der Waals surface area (Å²) in [5, 5.41) is 49.8. The van der Waals surface area contributed by atoms with Crippen LogP contribution in [0.1, 0.15) is 73.1 Å². The predicted octanol–water partition coefficient (Wildman–Crippen LogP) is -2.74. The first kappa shape index (κ1) is 44.6. The number of carbonyl (C=O) groups excluding carboxylic acids is 6. The molecule has 18 nitrogen and oxygen atoms in total. The maximum atomic E-state index is 14.0. The first-order valence-electron chi connectivity index (χ1n) is 17.7. The van der Waals surface area contributed by atoms with Crippen LogP contribution in [0.15, 0.2) is 0 Å². The van der Waals surface area contributed by atoms with Crippen LogP contribution in [0.25, 0.3) is 0 Å². The number of nitrogens with zero attached hydrogens (tertiary/aromatic N) is 2. The molecule has 0 bridgehead atoms. The maximum Gasteiger partial charge on any atom is 0.328 e. The number of aliphatic carboxylic acids is 1. The Morgan fingerprint density at radius 3 is 1.77 bits per heavy atom. The Bertz CT molecular complexity index is 1280. The van der Waals surface area contributed by atoms with E-state index >= 15 is 0 Å². The molecule has 0 aromatic carbocycles. The Balaban J connectivity index is 2.21. The van der Waals surface area contributed by atoms with E-state index in [4.69, 9.17) is 5.73 Å². The Morgan fingerprint density at radius 2 is 1.25 bits per heavy atom. The van der Waals surface area contributed by atoms with E-state index in [9.17, 15) is 54.0 Å². The topological polar surface area (TPSA) is 281 Å². The van der Waals surface area contributed by atoms with Crippen molar-refractivity contribution in [2.45, 2.75) is 134 Å². The fourth-order valence-corrected chi connectivity index (χ4v) is 6.74. The van der Waals surface area contributed by atoms with Crippen LogP contribution in [0.5, 0.6) is 0 Å². The molecule has 0 aliphatic carbocycles. The summed E-state index contributed by atoms with van der Waals surface area (Å²) >= 11 is 1.48. The van der Waals surface area contributed by atoms with Crippen LogP contribution in [0.4, 0.5) is 0 Å². The van der Waals surface area contributed by atoms with Gasteiger partial charge in [0, 0.05) is 13.1 Å². The van der Waals surface area contributed by atoms with Gasteiger partial charge in [0.05, 0.1) is 24.4 Å². The van der Waals surface area contributed by atoms with E-state index in [1.807, 2.05) is 6.26 Å². The number of carboxylic acids is 1. The van der Waals surface area contributed by atoms with Gasteiger partial charge in [-0.3, -0.25) is 28.8 Å². The molecule has 2 aliphatic heterocycles. The number of hydrogen-bond acceptors (Lipinski definition) is 12. The van der Waals surface area contributed by atoms with E-state index in [1.54, 1.807) is 13.8 Å². The average molecular weight is 760 g/mol. The zero-order valence-electron chi connectivity index (χ0n) is 30.7. The van der Waals surface area contributed by atoms with Crippen molar-refractivity contribution < 1.29 is 54.0 Å². The first-order chi connectivity index (χ1) is 24.3. The minimum absolute atomic E-state index is 0.0951. The quantitative estimate of drug-likeness (QED) is 0.0648. The molecule has 0 aromatic heterocycles. The number of aliphatic hydroxyl groups is 3. The van der Waals surface area contributed by atoms with E-state index in [-0.39, 0.29) is 38.3 Å². The highest BCUT2D eigenvalue weighted by Gasteiger charge is 2.45. The molecule has 2 aliphatic rings. The largest absolute Gasteiger partial charge is 0.480 e. The van der Waals surface area contributed by atoms with E-state index in [0.717, 1.165) is 0 Å². The van der Waals surface area contributed by atoms with Crippen LogP contribution in [0.3, 0.4) is 0 Å². The zero-order valence-corrected chi connectivity index (χ0v) is 31.6. The third kappa shape index (κ3) is 12.3. The number of likely N-dealkylation sites (tertiary alicyclic amines) is 2. The summed E-state index contributed by atoms with van der Waals surface area (Å²) < 4.78 is 0. The SMILES string of the molecule is CSCC[C@H](N)C(=O)N[C@H](C(=O)N[C@H](C(=O)N1CCC[C@H]1C(=O)N1CCC[C@H]1C(=O)N[C@@H](CC(C)C)C(=O)N[C@H](C(=O)O)[C@@H](C)O)[C@@H](C)O)[C@@H](C)O. The van der Waals surface area contributed by atoms with Gasteiger partial charge in [0.25, 0.3) is 0 Å². The Labute approximate surface area is 308 Å². The van der Waals surface area contributed by atoms with Crippen LogP contribution in [-0.4, -0.2) is 157 Å². The molecule has 2 heterocycles. The zero-order chi connectivity index (χ0) is 39.4. The van der Waals surface area contributed by atoms with Crippen LogP contribution in [0, 0.1) is 5.92 Å². The van der Waals surface area contributed by atoms with Gasteiger partial charge in [0.15, 0.2) is 6.04 Å². The van der Waals surface area contributed by atoms with Crippen molar-refractivity contribution in [2.75, 3.05) is 25.1 Å². The molecule has 0 aromatic rings. The summed E-state index contributed by atoms with van der Waals surface area (Å²) in [7, 11) is 0. The van der Waals surface area contributed by atoms with E-state index in [2.05, 4.69) is 21.3 Å². The Hall–Kier alpha value is -3.52. The lowest BCUT2D eigenvalue weighted by Crippen LogP contribution is -2.62. The molecular formula is C33H57N7O11S. The van der Waals surface area contributed by atoms with Crippen molar-refractivity contribution in [2.24, 2.45) is 11.7 Å². The lowest BCUT2D eigenvalue weighted by Gasteiger charge is -2.34. The summed E-state index contributed by atoms with van der Waals surface area (Å²) in [5.74, 6) is -5.32. The van der Waals surface area contributed by atoms with Gasteiger partial charge in [-0.15, -0.1) is 0 Å². The van der Waals surface area contributed by atoms with Gasteiger partial charge >= 0.3 is 5.97 Å². The van der Waals surface area contributed by atoms with Gasteiger partial charge in [-0.1, -0.05) is 13.8 Å². The molecule has 52 heavy (non-hydrogen) atoms. The third-order valence-corrected chi connectivity index (χ3v) is 9.77. The van der Waals surface area contributed by atoms with Gasteiger partial charge < -0.3 is 57.2 Å². The molecule has 0 radical (unpaired) electrons. The van der Waals surface area contributed by atoms with Crippen molar-refractivity contribution in [3.63, 3.8) is 0 Å². The van der Waals surface area contributed by atoms with Gasteiger partial charge in [0.2, 0.25) is 35.4 Å². The summed E-state index contributed by atoms with van der Waals surface area (Å²) in [5.41, 5.74) is 5.90. The lowest BCUT2D eigenvalue weighted by molar-refractivity contribution is -0.149. The molecule has 0 saturated carbocycles. The molecule has 2 rings (SSSR count). The van der Waals surface area contributed by atoms with E-state index < -0.39 is 102 Å². The maximum absolute atomic E-state index is 14.0. The summed E-state index contributed by atoms with van der Waals surface area (Å²) in [6.07, 6.45) is -0.544. The monoisotopic (exact) mass is 759 g/mol. The molecule has 10 atom stereocenters. The second-order valence-electron chi connectivity index (χ2n) is 14.0. The molecule has 296 valence electrons. The number of thioether (sulfide) groups is 1. The van der Waals surface area contributed by atoms with E-state index in [1.165, 1.54) is 42.3 Å². The number of amides is 6. The molecule has 2 fully saturated rings. The normalized spacial score (nSPS) is 22.0. The predicted molar refractivity (Wildman–Crippen MR) is 190 cm³/mol. The molecule has 19 heteroatoms. The summed E-state index contributed by atoms with van der Waals surface area (Å²) in [4.78, 5) is 94.4. The summed E-state index contributed by atoms with van der Waals surface area (Å²) in [6.45, 7) is 7.67. The smallest absolute Gasteiger partial charge is 0.328 e. The Kier molecular flexibility index (Phi) is 17.7. The van der Waals surface area contributed by atoms with Crippen LogP contribution >= 0.6 is 11.8 Å². The van der Waals surface area contributed by atoms with Crippen LogP contribution in [-0.2, 0) is 33.6 Å². The minimum Gasteiger partial charge on any atom is -0.480 e. The second kappa shape index (κ2) is 20.6. The minimum atomic E-state index is -1.60. The van der Waals surface area contributed by atoms with E-state index in [0.29, 0.717) is 25.0 Å². The van der Waals surface area contributed by atoms with Crippen molar-refractivity contribution in [1.29, 1.82) is 0 Å². The first-order valence-corrected chi connectivity index (χ1v) is 19.1. The van der Waals surface area contributed by atoms with Gasteiger partial charge in [-0.25, -0.2) is 4.79 Å². The molecule has 6 amide bonds. The molecule has 2 saturated heterocycles. The second-order valence-corrected chi connectivity index (χ2v) is 15.0. The molecule has 0 unspecified atom stereocenters. The van der Waals surface area contributed by atoms with Crippen molar-refractivity contribution in [3.8, 4) is 0 Å². The number of carbonyl (C=O) groups is 7. The van der Waals surface area contributed by atoms with Crippen molar-refractivity contribution >= 4 is 53.2 Å². The van der Waals surface area contributed by atoms with Crippen molar-refractivity contribution in [1.82, 2.24) is 31.1 Å². The average Bonchev–Trinajstić information content (AvgIpc) is 3.76. The number of rotatable bonds is 19. The number of aliphatic hydroxyl groups excluding tert-OH is 3. The molecule has 10 N–H and O–H groups in total. The van der Waals surface area contributed by atoms with Crippen molar-refractivity contribution in [3.05, 3.63) is 0 Å². The lowest BCUT2D eigenvalue weighted by atomic mass is 10.0. The summed E-state index contributed by atoms with van der Waals surface area (Å²) in [6, 6.07) is -8.77. The van der Waals surface area contributed by atoms with Gasteiger partial charge in [0.1, 0.15) is 30.2 Å². The van der Waals surface area contributed by atoms with Crippen LogP contribution in [0.2, 0.25) is 0 Å². The van der Waals surface area contributed by atoms with Crippen LogP contribution < -0.4 is 27.0 Å². The fourth-order valence-electron chi connectivity index (χ4n) is 6.25. The third-order valence-electron chi connectivity index (χ3n) is 9.12. The van der Waals surface area contributed by atoms with Gasteiger partial charge in [-0.05, 0) is 77.2 Å². The number of carboxylic acid groups (broad SMARTS) is 1.